The average Bonchev–Trinajstić information content (AvgIpc) is 2.81. The number of hydrogen-bond donors (Lipinski definition) is 5. The molecule has 0 radical (unpaired) electrons. The van der Waals surface area contributed by atoms with E-state index in [0.717, 1.165) is 5.56 Å². The Hall–Kier alpha value is -2.72. The smallest absolute Gasteiger partial charge is 0.200 e. The Balaban J connectivity index is 1.81. The molecule has 2 aromatic carbocycles. The van der Waals surface area contributed by atoms with Crippen LogP contribution < -0.4 is 14.2 Å². The number of phenolic OH excluding ortho intramolecular Hbond substituents is 2. The number of aryl methyl sites for hydroxylation is 1. The van der Waals surface area contributed by atoms with Gasteiger partial charge < -0.3 is 44.5 Å². The summed E-state index contributed by atoms with van der Waals surface area (Å²) in [6, 6.07) is 8.24. The van der Waals surface area contributed by atoms with Crippen LogP contribution in [-0.4, -0.2) is 65.4 Å². The molecule has 1 saturated heterocycles. The Labute approximate surface area is 192 Å². The molecule has 0 aromatic heterocycles. The lowest BCUT2D eigenvalue weighted by molar-refractivity contribution is -0.144. The SMILES string of the molecule is COc1cc(C2OC(CCc3ccc(O)c(OCO)c3)CC(O)C2CCO)cc(OC)c1O. The van der Waals surface area contributed by atoms with Crippen molar-refractivity contribution < 1.29 is 44.5 Å². The van der Waals surface area contributed by atoms with Crippen LogP contribution in [0.25, 0.3) is 0 Å². The van der Waals surface area contributed by atoms with E-state index in [1.807, 2.05) is 0 Å². The molecular formula is C24H32O9. The fourth-order valence-electron chi connectivity index (χ4n) is 4.32. The van der Waals surface area contributed by atoms with Gasteiger partial charge in [-0.2, -0.15) is 0 Å². The van der Waals surface area contributed by atoms with E-state index in [1.165, 1.54) is 20.3 Å². The topological polar surface area (TPSA) is 138 Å². The molecule has 0 aliphatic carbocycles. The first kappa shape index (κ1) is 24.9. The van der Waals surface area contributed by atoms with E-state index in [9.17, 15) is 20.4 Å². The molecular weight excluding hydrogens is 432 g/mol. The summed E-state index contributed by atoms with van der Waals surface area (Å²) in [5.41, 5.74) is 1.56. The van der Waals surface area contributed by atoms with Crippen LogP contribution in [0.5, 0.6) is 28.7 Å². The first-order valence-corrected chi connectivity index (χ1v) is 10.9. The van der Waals surface area contributed by atoms with E-state index < -0.39 is 19.0 Å². The summed E-state index contributed by atoms with van der Waals surface area (Å²) in [4.78, 5) is 0. The van der Waals surface area contributed by atoms with Crippen molar-refractivity contribution in [2.45, 2.75) is 44.0 Å². The molecule has 1 aliphatic rings. The fraction of sp³-hybridized carbons (Fsp3) is 0.500. The van der Waals surface area contributed by atoms with Crippen LogP contribution in [0.2, 0.25) is 0 Å². The zero-order valence-corrected chi connectivity index (χ0v) is 18.8. The van der Waals surface area contributed by atoms with Gasteiger partial charge in [0.2, 0.25) is 5.75 Å². The lowest BCUT2D eigenvalue weighted by atomic mass is 9.82. The molecule has 1 aliphatic heterocycles. The standard InChI is InChI=1S/C24H32O9/c1-30-21-10-15(11-22(31-2)23(21)29)24-17(7-8-25)19(28)12-16(33-24)5-3-14-4-6-18(27)20(9-14)32-13-26/h4,6,9-11,16-17,19,24-29H,3,5,7-8,12-13H2,1-2H3. The summed E-state index contributed by atoms with van der Waals surface area (Å²) in [7, 11) is 2.88. The summed E-state index contributed by atoms with van der Waals surface area (Å²) < 4.78 is 21.9. The zero-order valence-electron chi connectivity index (χ0n) is 18.8. The Morgan fingerprint density at radius 1 is 0.970 bits per heavy atom. The second kappa shape index (κ2) is 11.4. The zero-order chi connectivity index (χ0) is 24.0. The molecule has 2 aromatic rings. The number of methoxy groups -OCH3 is 2. The Bertz CT molecular complexity index is 892. The van der Waals surface area contributed by atoms with Crippen molar-refractivity contribution >= 4 is 0 Å². The lowest BCUT2D eigenvalue weighted by Gasteiger charge is -2.40. The van der Waals surface area contributed by atoms with Crippen LogP contribution in [0.3, 0.4) is 0 Å². The molecule has 0 saturated carbocycles. The maximum Gasteiger partial charge on any atom is 0.200 e. The highest BCUT2D eigenvalue weighted by Crippen LogP contribution is 2.45. The number of aromatic hydroxyl groups is 2. The van der Waals surface area contributed by atoms with Crippen molar-refractivity contribution in [2.24, 2.45) is 5.92 Å². The minimum Gasteiger partial charge on any atom is -0.504 e. The van der Waals surface area contributed by atoms with Crippen molar-refractivity contribution in [1.82, 2.24) is 0 Å². The third-order valence-electron chi connectivity index (χ3n) is 6.02. The third-order valence-corrected chi connectivity index (χ3v) is 6.02. The van der Waals surface area contributed by atoms with Gasteiger partial charge in [-0.15, -0.1) is 0 Å². The number of aliphatic hydroxyl groups excluding tert-OH is 3. The van der Waals surface area contributed by atoms with E-state index in [-0.39, 0.29) is 47.4 Å². The van der Waals surface area contributed by atoms with Gasteiger partial charge in [0.05, 0.1) is 32.5 Å². The second-order valence-electron chi connectivity index (χ2n) is 8.05. The third kappa shape index (κ3) is 5.80. The maximum atomic E-state index is 10.9. The molecule has 182 valence electrons. The van der Waals surface area contributed by atoms with Crippen LogP contribution >= 0.6 is 0 Å². The Morgan fingerprint density at radius 2 is 1.67 bits per heavy atom. The molecule has 3 rings (SSSR count). The van der Waals surface area contributed by atoms with Crippen LogP contribution in [-0.2, 0) is 11.2 Å². The number of ether oxygens (including phenoxy) is 4. The Morgan fingerprint density at radius 3 is 2.27 bits per heavy atom. The summed E-state index contributed by atoms with van der Waals surface area (Å²) >= 11 is 0. The summed E-state index contributed by atoms with van der Waals surface area (Å²) in [6.07, 6.45) is 0.438. The quantitative estimate of drug-likeness (QED) is 0.335. The number of rotatable bonds is 10. The monoisotopic (exact) mass is 464 g/mol. The van der Waals surface area contributed by atoms with Gasteiger partial charge in [-0.3, -0.25) is 0 Å². The van der Waals surface area contributed by atoms with Crippen LogP contribution in [0.15, 0.2) is 30.3 Å². The molecule has 5 N–H and O–H groups in total. The summed E-state index contributed by atoms with van der Waals surface area (Å²) in [5, 5.41) is 49.4. The largest absolute Gasteiger partial charge is 0.504 e. The molecule has 0 amide bonds. The molecule has 9 heteroatoms. The minimum absolute atomic E-state index is 0.0562. The van der Waals surface area contributed by atoms with Gasteiger partial charge >= 0.3 is 0 Å². The van der Waals surface area contributed by atoms with Crippen molar-refractivity contribution in [3.05, 3.63) is 41.5 Å². The van der Waals surface area contributed by atoms with E-state index in [1.54, 1.807) is 24.3 Å². The number of phenols is 2. The maximum absolute atomic E-state index is 10.9. The average molecular weight is 465 g/mol. The fourth-order valence-corrected chi connectivity index (χ4v) is 4.32. The van der Waals surface area contributed by atoms with Crippen molar-refractivity contribution in [3.8, 4) is 28.7 Å². The molecule has 1 heterocycles. The highest BCUT2D eigenvalue weighted by Gasteiger charge is 2.39. The molecule has 4 unspecified atom stereocenters. The van der Waals surface area contributed by atoms with E-state index in [4.69, 9.17) is 24.1 Å². The molecule has 0 spiro atoms. The van der Waals surface area contributed by atoms with Gasteiger partial charge in [-0.05, 0) is 61.1 Å². The second-order valence-corrected chi connectivity index (χ2v) is 8.05. The van der Waals surface area contributed by atoms with Gasteiger partial charge in [0.1, 0.15) is 0 Å². The van der Waals surface area contributed by atoms with Gasteiger partial charge in [-0.25, -0.2) is 0 Å². The van der Waals surface area contributed by atoms with Gasteiger partial charge in [0.15, 0.2) is 29.8 Å². The van der Waals surface area contributed by atoms with Crippen LogP contribution in [0.4, 0.5) is 0 Å². The number of hydrogen-bond acceptors (Lipinski definition) is 9. The molecule has 33 heavy (non-hydrogen) atoms. The van der Waals surface area contributed by atoms with Crippen LogP contribution in [0, 0.1) is 5.92 Å². The Kier molecular flexibility index (Phi) is 8.62. The first-order valence-electron chi connectivity index (χ1n) is 10.9. The predicted octanol–water partition coefficient (Wildman–Crippen LogP) is 2.27. The lowest BCUT2D eigenvalue weighted by Crippen LogP contribution is -2.40. The molecule has 4 atom stereocenters. The van der Waals surface area contributed by atoms with Crippen molar-refractivity contribution in [2.75, 3.05) is 27.6 Å². The van der Waals surface area contributed by atoms with Gasteiger partial charge in [0.25, 0.3) is 0 Å². The number of aliphatic hydroxyl groups is 3. The summed E-state index contributed by atoms with van der Waals surface area (Å²) in [5.74, 6) is 0.135. The van der Waals surface area contributed by atoms with Crippen molar-refractivity contribution in [1.29, 1.82) is 0 Å². The first-order chi connectivity index (χ1) is 15.9. The van der Waals surface area contributed by atoms with Gasteiger partial charge in [0, 0.05) is 12.5 Å². The van der Waals surface area contributed by atoms with E-state index >= 15 is 0 Å². The molecule has 0 bridgehead atoms. The normalized spacial score (nSPS) is 22.7. The molecule has 9 nitrogen and oxygen atoms in total. The van der Waals surface area contributed by atoms with Crippen molar-refractivity contribution in [3.63, 3.8) is 0 Å². The van der Waals surface area contributed by atoms with Crippen LogP contribution in [0.1, 0.15) is 36.5 Å². The molecule has 1 fully saturated rings. The highest BCUT2D eigenvalue weighted by atomic mass is 16.6. The summed E-state index contributed by atoms with van der Waals surface area (Å²) in [6.45, 7) is -0.637. The van der Waals surface area contributed by atoms with E-state index in [2.05, 4.69) is 0 Å². The highest BCUT2D eigenvalue weighted by molar-refractivity contribution is 5.53. The van der Waals surface area contributed by atoms with E-state index in [0.29, 0.717) is 31.2 Å². The minimum atomic E-state index is -0.695. The number of benzene rings is 2. The predicted molar refractivity (Wildman–Crippen MR) is 119 cm³/mol. The van der Waals surface area contributed by atoms with Gasteiger partial charge in [-0.1, -0.05) is 6.07 Å².